The Morgan fingerprint density at radius 1 is 0.656 bits per heavy atom. The van der Waals surface area contributed by atoms with Crippen LogP contribution in [0.3, 0.4) is 0 Å². The molecule has 0 spiro atoms. The molecule has 0 fully saturated rings. The van der Waals surface area contributed by atoms with Crippen molar-refractivity contribution in [1.29, 1.82) is 0 Å². The Labute approximate surface area is 192 Å². The molecule has 4 rings (SSSR count). The topological polar surface area (TPSA) is 3.24 Å². The third-order valence-electron chi connectivity index (χ3n) is 5.58. The van der Waals surface area contributed by atoms with Gasteiger partial charge in [-0.05, 0) is 46.9 Å². The van der Waals surface area contributed by atoms with Gasteiger partial charge >= 0.3 is 0 Å². The third-order valence-corrected chi connectivity index (χ3v) is 5.58. The van der Waals surface area contributed by atoms with Crippen LogP contribution in [0.1, 0.15) is 29.2 Å². The van der Waals surface area contributed by atoms with Crippen molar-refractivity contribution in [2.75, 3.05) is 11.4 Å². The Bertz CT molecular complexity index is 1100. The van der Waals surface area contributed by atoms with E-state index in [-0.39, 0.29) is 0 Å². The molecule has 0 atom stereocenters. The number of hydrogen-bond donors (Lipinski definition) is 0. The Hall–Kier alpha value is -3.84. The molecule has 0 aliphatic heterocycles. The molecule has 0 saturated carbocycles. The lowest BCUT2D eigenvalue weighted by Crippen LogP contribution is -2.21. The first-order chi connectivity index (χ1) is 15.8. The van der Waals surface area contributed by atoms with Crippen molar-refractivity contribution in [3.8, 4) is 0 Å². The minimum absolute atomic E-state index is 0.923. The van der Waals surface area contributed by atoms with Crippen LogP contribution in [0.5, 0.6) is 0 Å². The molecule has 0 N–H and O–H groups in total. The van der Waals surface area contributed by atoms with Crippen molar-refractivity contribution in [1.82, 2.24) is 0 Å². The van der Waals surface area contributed by atoms with E-state index in [4.69, 9.17) is 0 Å². The molecule has 4 aromatic rings. The van der Waals surface area contributed by atoms with E-state index in [0.717, 1.165) is 13.1 Å². The third kappa shape index (κ3) is 5.65. The molecule has 0 aliphatic carbocycles. The summed E-state index contributed by atoms with van der Waals surface area (Å²) in [6.45, 7) is 4.10. The Kier molecular flexibility index (Phi) is 7.34. The maximum atomic E-state index is 2.39. The predicted octanol–water partition coefficient (Wildman–Crippen LogP) is 7.86. The summed E-state index contributed by atoms with van der Waals surface area (Å²) >= 11 is 0. The summed E-state index contributed by atoms with van der Waals surface area (Å²) in [4.78, 5) is 2.39. The van der Waals surface area contributed by atoms with E-state index >= 15 is 0 Å². The average Bonchev–Trinajstić information content (AvgIpc) is 2.87. The van der Waals surface area contributed by atoms with Gasteiger partial charge in [-0.15, -0.1) is 0 Å². The summed E-state index contributed by atoms with van der Waals surface area (Å²) in [5, 5.41) is 0. The van der Waals surface area contributed by atoms with Crippen LogP contribution in [-0.2, 0) is 6.54 Å². The molecule has 1 nitrogen and oxygen atoms in total. The van der Waals surface area contributed by atoms with Gasteiger partial charge in [0.2, 0.25) is 0 Å². The minimum atomic E-state index is 0.923. The lowest BCUT2D eigenvalue weighted by atomic mass is 9.97. The largest absolute Gasteiger partial charge is 0.367 e. The molecule has 1 heteroatoms. The van der Waals surface area contributed by atoms with Gasteiger partial charge in [0, 0.05) is 18.8 Å². The number of nitrogens with zero attached hydrogens (tertiary/aromatic N) is 1. The molecular formula is C31H29N. The van der Waals surface area contributed by atoms with Crippen molar-refractivity contribution in [2.45, 2.75) is 13.5 Å². The average molecular weight is 416 g/mol. The van der Waals surface area contributed by atoms with E-state index in [1.165, 1.54) is 33.5 Å². The van der Waals surface area contributed by atoms with Crippen LogP contribution >= 0.6 is 0 Å². The van der Waals surface area contributed by atoms with Gasteiger partial charge in [0.05, 0.1) is 0 Å². The normalized spacial score (nSPS) is 10.8. The van der Waals surface area contributed by atoms with E-state index in [9.17, 15) is 0 Å². The van der Waals surface area contributed by atoms with Crippen molar-refractivity contribution < 1.29 is 0 Å². The van der Waals surface area contributed by atoms with Crippen molar-refractivity contribution in [2.24, 2.45) is 0 Å². The number of anilines is 1. The number of rotatable bonds is 8. The quantitative estimate of drug-likeness (QED) is 0.265. The number of allylic oxidation sites excluding steroid dienone is 2. The highest BCUT2D eigenvalue weighted by molar-refractivity contribution is 5.81. The smallest absolute Gasteiger partial charge is 0.0429 e. The molecule has 0 bridgehead atoms. The molecular weight excluding hydrogens is 386 g/mol. The monoisotopic (exact) mass is 415 g/mol. The summed E-state index contributed by atoms with van der Waals surface area (Å²) in [7, 11) is 0. The van der Waals surface area contributed by atoms with Crippen LogP contribution in [-0.4, -0.2) is 6.54 Å². The lowest BCUT2D eigenvalue weighted by Gasteiger charge is -2.23. The number of hydrogen-bond acceptors (Lipinski definition) is 1. The second-order valence-corrected chi connectivity index (χ2v) is 7.76. The molecule has 0 radical (unpaired) electrons. The Balaban J connectivity index is 1.51. The zero-order valence-electron chi connectivity index (χ0n) is 18.6. The van der Waals surface area contributed by atoms with Gasteiger partial charge in [-0.25, -0.2) is 0 Å². The Morgan fingerprint density at radius 3 is 1.72 bits per heavy atom. The van der Waals surface area contributed by atoms with Crippen molar-refractivity contribution in [3.05, 3.63) is 150 Å². The highest BCUT2D eigenvalue weighted by Crippen LogP contribution is 2.24. The van der Waals surface area contributed by atoms with Gasteiger partial charge in [0.1, 0.15) is 0 Å². The summed E-state index contributed by atoms with van der Waals surface area (Å²) in [5.41, 5.74) is 7.44. The fourth-order valence-corrected chi connectivity index (χ4v) is 3.84. The van der Waals surface area contributed by atoms with Gasteiger partial charge in [0.25, 0.3) is 0 Å². The number of benzene rings is 4. The molecule has 158 valence electrons. The molecule has 4 aromatic carbocycles. The molecule has 0 aliphatic rings. The van der Waals surface area contributed by atoms with Crippen molar-refractivity contribution in [3.63, 3.8) is 0 Å². The predicted molar refractivity (Wildman–Crippen MR) is 139 cm³/mol. The first-order valence-corrected chi connectivity index (χ1v) is 11.2. The van der Waals surface area contributed by atoms with Crippen LogP contribution in [0.15, 0.2) is 127 Å². The minimum Gasteiger partial charge on any atom is -0.367 e. The standard InChI is InChI=1S/C31H29N/c1-2-32(25-27-13-6-3-7-14-27)30-23-21-26(22-24-30)15-12-20-31(28-16-8-4-9-17-28)29-18-10-5-11-19-29/h3-24H,2,25H2,1H3. The maximum Gasteiger partial charge on any atom is 0.0429 e. The SMILES string of the molecule is CCN(Cc1ccccc1)c1ccc(C=CC=C(c2ccccc2)c2ccccc2)cc1. The highest BCUT2D eigenvalue weighted by Gasteiger charge is 2.05. The van der Waals surface area contributed by atoms with Gasteiger partial charge in [-0.3, -0.25) is 0 Å². The van der Waals surface area contributed by atoms with E-state index in [1.807, 2.05) is 0 Å². The molecule has 0 unspecified atom stereocenters. The van der Waals surface area contributed by atoms with Gasteiger partial charge in [-0.1, -0.05) is 121 Å². The molecule has 0 saturated heterocycles. The van der Waals surface area contributed by atoms with Crippen LogP contribution in [0, 0.1) is 0 Å². The van der Waals surface area contributed by atoms with Crippen LogP contribution in [0.25, 0.3) is 11.6 Å². The van der Waals surface area contributed by atoms with E-state index in [0.29, 0.717) is 0 Å². The second kappa shape index (κ2) is 11.0. The first kappa shape index (κ1) is 21.4. The van der Waals surface area contributed by atoms with E-state index in [2.05, 4.69) is 145 Å². The van der Waals surface area contributed by atoms with E-state index < -0.39 is 0 Å². The Morgan fingerprint density at radius 2 is 1.19 bits per heavy atom. The summed E-state index contributed by atoms with van der Waals surface area (Å²) < 4.78 is 0. The summed E-state index contributed by atoms with van der Waals surface area (Å²) in [6, 6.07) is 40.5. The van der Waals surface area contributed by atoms with Gasteiger partial charge in [0.15, 0.2) is 0 Å². The maximum absolute atomic E-state index is 2.39. The molecule has 0 amide bonds. The fraction of sp³-hybridized carbons (Fsp3) is 0.0968. The van der Waals surface area contributed by atoms with Crippen LogP contribution in [0.2, 0.25) is 0 Å². The first-order valence-electron chi connectivity index (χ1n) is 11.2. The lowest BCUT2D eigenvalue weighted by molar-refractivity contribution is 0.832. The second-order valence-electron chi connectivity index (χ2n) is 7.76. The molecule has 0 heterocycles. The van der Waals surface area contributed by atoms with Crippen molar-refractivity contribution >= 4 is 17.3 Å². The van der Waals surface area contributed by atoms with Gasteiger partial charge in [-0.2, -0.15) is 0 Å². The fourth-order valence-electron chi connectivity index (χ4n) is 3.84. The van der Waals surface area contributed by atoms with Crippen LogP contribution < -0.4 is 4.90 Å². The molecule has 32 heavy (non-hydrogen) atoms. The van der Waals surface area contributed by atoms with Crippen LogP contribution in [0.4, 0.5) is 5.69 Å². The zero-order valence-corrected chi connectivity index (χ0v) is 18.6. The molecule has 0 aromatic heterocycles. The highest BCUT2D eigenvalue weighted by atomic mass is 15.1. The zero-order chi connectivity index (χ0) is 22.0. The van der Waals surface area contributed by atoms with E-state index in [1.54, 1.807) is 0 Å². The summed E-state index contributed by atoms with van der Waals surface area (Å²) in [6.07, 6.45) is 6.52. The van der Waals surface area contributed by atoms with Gasteiger partial charge < -0.3 is 4.90 Å². The summed E-state index contributed by atoms with van der Waals surface area (Å²) in [5.74, 6) is 0.